The van der Waals surface area contributed by atoms with Gasteiger partial charge < -0.3 is 5.11 Å². The van der Waals surface area contributed by atoms with Crippen molar-refractivity contribution >= 4 is 50.2 Å². The maximum atomic E-state index is 9.96. The smallest absolute Gasteiger partial charge is 0.114 e. The van der Waals surface area contributed by atoms with Gasteiger partial charge in [0.2, 0.25) is 0 Å². The normalized spacial score (nSPS) is 13.1. The van der Waals surface area contributed by atoms with Crippen molar-refractivity contribution in [1.29, 1.82) is 0 Å². The fourth-order valence-electron chi connectivity index (χ4n) is 1.11. The topological polar surface area (TPSA) is 20.2 Å². The molecule has 1 nitrogen and oxygen atoms in total. The van der Waals surface area contributed by atoms with Gasteiger partial charge in [-0.15, -0.1) is 22.7 Å². The molecule has 2 rings (SSSR count). The zero-order valence-corrected chi connectivity index (χ0v) is 10.9. The fraction of sp³-hybridized carbons (Fsp3) is 0.111. The van der Waals surface area contributed by atoms with Crippen LogP contribution in [0.25, 0.3) is 0 Å². The number of hydrogen-bond acceptors (Lipinski definition) is 3. The van der Waals surface area contributed by atoms with Gasteiger partial charge in [0.05, 0.1) is 8.12 Å². The van der Waals surface area contributed by atoms with Crippen LogP contribution in [0.4, 0.5) is 0 Å². The predicted octanol–water partition coefficient (Wildman–Crippen LogP) is 4.31. The standard InChI is InChI=1S/C9H6BrClOS2/c10-7-3-5(4-13-7)9(12)6-1-2-8(11)14-6/h1-4,9,12H. The fourth-order valence-corrected chi connectivity index (χ4v) is 3.38. The van der Waals surface area contributed by atoms with Gasteiger partial charge in [-0.05, 0) is 45.1 Å². The van der Waals surface area contributed by atoms with Crippen LogP contribution in [0.2, 0.25) is 4.34 Å². The van der Waals surface area contributed by atoms with Gasteiger partial charge in [-0.25, -0.2) is 0 Å². The molecule has 0 amide bonds. The molecule has 0 aliphatic carbocycles. The summed E-state index contributed by atoms with van der Waals surface area (Å²) in [5, 5.41) is 11.9. The SMILES string of the molecule is OC(c1csc(Br)c1)c1ccc(Cl)s1. The molecule has 14 heavy (non-hydrogen) atoms. The maximum absolute atomic E-state index is 9.96. The molecule has 2 aromatic rings. The Hall–Kier alpha value is 0.130. The molecular weight excluding hydrogens is 304 g/mol. The van der Waals surface area contributed by atoms with E-state index in [1.54, 1.807) is 17.4 Å². The lowest BCUT2D eigenvalue weighted by Gasteiger charge is -2.04. The molecule has 2 heterocycles. The molecule has 0 spiro atoms. The first-order valence-electron chi connectivity index (χ1n) is 3.84. The molecule has 0 saturated carbocycles. The number of hydrogen-bond donors (Lipinski definition) is 1. The van der Waals surface area contributed by atoms with E-state index in [9.17, 15) is 5.11 Å². The maximum Gasteiger partial charge on any atom is 0.114 e. The number of rotatable bonds is 2. The van der Waals surface area contributed by atoms with E-state index in [1.165, 1.54) is 11.3 Å². The van der Waals surface area contributed by atoms with Crippen LogP contribution in [0.15, 0.2) is 27.4 Å². The Kier molecular flexibility index (Phi) is 3.29. The molecule has 0 radical (unpaired) electrons. The second kappa shape index (κ2) is 4.33. The highest BCUT2D eigenvalue weighted by molar-refractivity contribution is 9.11. The summed E-state index contributed by atoms with van der Waals surface area (Å²) in [5.41, 5.74) is 0.903. The Balaban J connectivity index is 2.28. The summed E-state index contributed by atoms with van der Waals surface area (Å²) >= 11 is 12.1. The van der Waals surface area contributed by atoms with E-state index in [-0.39, 0.29) is 0 Å². The average molecular weight is 310 g/mol. The summed E-state index contributed by atoms with van der Waals surface area (Å²) in [7, 11) is 0. The van der Waals surface area contributed by atoms with Gasteiger partial charge in [0.15, 0.2) is 0 Å². The Morgan fingerprint density at radius 1 is 1.43 bits per heavy atom. The molecule has 0 aromatic carbocycles. The van der Waals surface area contributed by atoms with Crippen LogP contribution in [0.5, 0.6) is 0 Å². The largest absolute Gasteiger partial charge is 0.383 e. The second-order valence-corrected chi connectivity index (χ2v) is 6.77. The van der Waals surface area contributed by atoms with Crippen molar-refractivity contribution in [3.05, 3.63) is 42.1 Å². The van der Waals surface area contributed by atoms with Gasteiger partial charge in [-0.1, -0.05) is 11.6 Å². The molecule has 5 heteroatoms. The Bertz CT molecular complexity index is 397. The first-order valence-corrected chi connectivity index (χ1v) is 6.71. The van der Waals surface area contributed by atoms with Crippen LogP contribution in [0.1, 0.15) is 16.5 Å². The average Bonchev–Trinajstić information content (AvgIpc) is 2.73. The van der Waals surface area contributed by atoms with Gasteiger partial charge >= 0.3 is 0 Å². The van der Waals surface area contributed by atoms with Crippen molar-refractivity contribution in [2.24, 2.45) is 0 Å². The monoisotopic (exact) mass is 308 g/mol. The van der Waals surface area contributed by atoms with E-state index in [2.05, 4.69) is 15.9 Å². The zero-order chi connectivity index (χ0) is 10.1. The predicted molar refractivity (Wildman–Crippen MR) is 65.4 cm³/mol. The van der Waals surface area contributed by atoms with Crippen molar-refractivity contribution in [2.75, 3.05) is 0 Å². The summed E-state index contributed by atoms with van der Waals surface area (Å²) < 4.78 is 1.72. The molecule has 74 valence electrons. The molecule has 0 aliphatic rings. The summed E-state index contributed by atoms with van der Waals surface area (Å²) in [6.07, 6.45) is -0.560. The highest BCUT2D eigenvalue weighted by Crippen LogP contribution is 2.33. The van der Waals surface area contributed by atoms with E-state index in [0.29, 0.717) is 4.34 Å². The Morgan fingerprint density at radius 3 is 2.71 bits per heavy atom. The van der Waals surface area contributed by atoms with Crippen LogP contribution in [0, 0.1) is 0 Å². The number of thiophene rings is 2. The van der Waals surface area contributed by atoms with Gasteiger partial charge in [-0.3, -0.25) is 0 Å². The van der Waals surface area contributed by atoms with E-state index in [4.69, 9.17) is 11.6 Å². The van der Waals surface area contributed by atoms with Crippen molar-refractivity contribution in [1.82, 2.24) is 0 Å². The molecule has 2 aromatic heterocycles. The minimum atomic E-state index is -0.560. The summed E-state index contributed by atoms with van der Waals surface area (Å²) in [6.45, 7) is 0. The van der Waals surface area contributed by atoms with Crippen LogP contribution in [0.3, 0.4) is 0 Å². The molecule has 1 unspecified atom stereocenters. The van der Waals surface area contributed by atoms with Crippen LogP contribution < -0.4 is 0 Å². The third-order valence-corrected chi connectivity index (χ3v) is 4.57. The molecule has 1 atom stereocenters. The summed E-state index contributed by atoms with van der Waals surface area (Å²) in [6, 6.07) is 5.57. The van der Waals surface area contributed by atoms with Gasteiger partial charge in [0.25, 0.3) is 0 Å². The van der Waals surface area contributed by atoms with Crippen LogP contribution >= 0.6 is 50.2 Å². The van der Waals surface area contributed by atoms with Crippen molar-refractivity contribution in [3.63, 3.8) is 0 Å². The lowest BCUT2D eigenvalue weighted by molar-refractivity contribution is 0.224. The molecular formula is C9H6BrClOS2. The first-order chi connectivity index (χ1) is 6.66. The minimum absolute atomic E-state index is 0.560. The zero-order valence-electron chi connectivity index (χ0n) is 6.91. The lowest BCUT2D eigenvalue weighted by Crippen LogP contribution is -1.93. The second-order valence-electron chi connectivity index (χ2n) is 2.73. The molecule has 0 saturated heterocycles. The van der Waals surface area contributed by atoms with E-state index < -0.39 is 6.10 Å². The summed E-state index contributed by atoms with van der Waals surface area (Å²) in [4.78, 5) is 0.875. The third kappa shape index (κ3) is 2.20. The molecule has 0 bridgehead atoms. The summed E-state index contributed by atoms with van der Waals surface area (Å²) in [5.74, 6) is 0. The number of aliphatic hydroxyl groups excluding tert-OH is 1. The van der Waals surface area contributed by atoms with Crippen molar-refractivity contribution in [2.45, 2.75) is 6.10 Å². The quantitative estimate of drug-likeness (QED) is 0.876. The van der Waals surface area contributed by atoms with Gasteiger partial charge in [0, 0.05) is 4.88 Å². The Morgan fingerprint density at radius 2 is 2.21 bits per heavy atom. The lowest BCUT2D eigenvalue weighted by atomic mass is 10.2. The molecule has 1 N–H and O–H groups in total. The third-order valence-electron chi connectivity index (χ3n) is 1.77. The number of aliphatic hydroxyl groups is 1. The number of halogens is 2. The Labute approximate surface area is 103 Å². The van der Waals surface area contributed by atoms with E-state index in [1.807, 2.05) is 17.5 Å². The highest BCUT2D eigenvalue weighted by Gasteiger charge is 2.13. The van der Waals surface area contributed by atoms with Gasteiger partial charge in [0.1, 0.15) is 6.10 Å². The van der Waals surface area contributed by atoms with Crippen molar-refractivity contribution in [3.8, 4) is 0 Å². The van der Waals surface area contributed by atoms with Crippen LogP contribution in [-0.2, 0) is 0 Å². The minimum Gasteiger partial charge on any atom is -0.383 e. The van der Waals surface area contributed by atoms with E-state index >= 15 is 0 Å². The first kappa shape index (κ1) is 10.6. The molecule has 0 aliphatic heterocycles. The van der Waals surface area contributed by atoms with Crippen molar-refractivity contribution < 1.29 is 5.11 Å². The van der Waals surface area contributed by atoms with Crippen LogP contribution in [-0.4, -0.2) is 5.11 Å². The molecule has 0 fully saturated rings. The van der Waals surface area contributed by atoms with Gasteiger partial charge in [-0.2, -0.15) is 0 Å². The highest BCUT2D eigenvalue weighted by atomic mass is 79.9. The van der Waals surface area contributed by atoms with E-state index in [0.717, 1.165) is 14.2 Å².